The number of aryl methyl sites for hydroxylation is 1. The molecule has 0 saturated carbocycles. The number of carbonyl (C=O) groups is 1. The highest BCUT2D eigenvalue weighted by atomic mass is 35.5. The highest BCUT2D eigenvalue weighted by Crippen LogP contribution is 2.07. The molecule has 1 amide bonds. The van der Waals surface area contributed by atoms with E-state index in [9.17, 15) is 14.9 Å². The maximum atomic E-state index is 11.5. The van der Waals surface area contributed by atoms with E-state index in [0.29, 0.717) is 13.1 Å². The third kappa shape index (κ3) is 7.05. The molecule has 0 aliphatic carbocycles. The Balaban J connectivity index is 0.00000361. The number of aromatic nitrogens is 2. The Morgan fingerprint density at radius 2 is 2.20 bits per heavy atom. The van der Waals surface area contributed by atoms with Crippen molar-refractivity contribution in [2.75, 3.05) is 19.6 Å². The van der Waals surface area contributed by atoms with Gasteiger partial charge in [0.15, 0.2) is 0 Å². The standard InChI is InChI=1S/C11H19N5O3.ClH/c1-2-4-12-5-6-13-11(17)3-7-15-9-10(8-14-15)16(18)19;/h8-9,12H,2-7H2,1H3,(H,13,17);1H. The van der Waals surface area contributed by atoms with Crippen molar-refractivity contribution < 1.29 is 9.72 Å². The van der Waals surface area contributed by atoms with E-state index in [1.54, 1.807) is 0 Å². The fraction of sp³-hybridized carbons (Fsp3) is 0.636. The molecule has 1 aromatic rings. The molecule has 0 spiro atoms. The quantitative estimate of drug-likeness (QED) is 0.397. The minimum Gasteiger partial charge on any atom is -0.355 e. The van der Waals surface area contributed by atoms with Crippen molar-refractivity contribution in [1.82, 2.24) is 20.4 Å². The van der Waals surface area contributed by atoms with Gasteiger partial charge in [-0.05, 0) is 13.0 Å². The molecule has 0 aliphatic heterocycles. The SMILES string of the molecule is CCCNCCNC(=O)CCn1cc([N+](=O)[O-])cn1.Cl. The van der Waals surface area contributed by atoms with E-state index in [0.717, 1.165) is 19.5 Å². The zero-order valence-corrected chi connectivity index (χ0v) is 12.2. The van der Waals surface area contributed by atoms with Crippen LogP contribution in [0.25, 0.3) is 0 Å². The van der Waals surface area contributed by atoms with E-state index in [1.807, 2.05) is 0 Å². The predicted molar refractivity (Wildman–Crippen MR) is 76.9 cm³/mol. The number of rotatable bonds is 9. The molecule has 1 heterocycles. The van der Waals surface area contributed by atoms with Gasteiger partial charge >= 0.3 is 5.69 Å². The van der Waals surface area contributed by atoms with Gasteiger partial charge in [-0.25, -0.2) is 0 Å². The van der Waals surface area contributed by atoms with Crippen LogP contribution < -0.4 is 10.6 Å². The lowest BCUT2D eigenvalue weighted by Gasteiger charge is -2.06. The van der Waals surface area contributed by atoms with Crippen molar-refractivity contribution in [1.29, 1.82) is 0 Å². The summed E-state index contributed by atoms with van der Waals surface area (Å²) < 4.78 is 1.40. The molecule has 114 valence electrons. The summed E-state index contributed by atoms with van der Waals surface area (Å²) in [6.07, 6.45) is 3.81. The second-order valence-corrected chi connectivity index (χ2v) is 4.07. The van der Waals surface area contributed by atoms with Gasteiger partial charge in [-0.3, -0.25) is 19.6 Å². The molecule has 8 nitrogen and oxygen atoms in total. The Morgan fingerprint density at radius 3 is 2.80 bits per heavy atom. The van der Waals surface area contributed by atoms with Gasteiger partial charge in [0.1, 0.15) is 12.4 Å². The number of halogens is 1. The molecular weight excluding hydrogens is 286 g/mol. The Hall–Kier alpha value is -1.67. The number of hydrogen-bond acceptors (Lipinski definition) is 5. The molecule has 20 heavy (non-hydrogen) atoms. The zero-order chi connectivity index (χ0) is 14.1. The number of nitrogens with one attached hydrogen (secondary N) is 2. The summed E-state index contributed by atoms with van der Waals surface area (Å²) in [5.74, 6) is -0.0866. The van der Waals surface area contributed by atoms with Crippen molar-refractivity contribution in [3.63, 3.8) is 0 Å². The summed E-state index contributed by atoms with van der Waals surface area (Å²) in [6, 6.07) is 0. The first-order valence-corrected chi connectivity index (χ1v) is 6.27. The van der Waals surface area contributed by atoms with Crippen LogP contribution in [0, 0.1) is 10.1 Å². The molecular formula is C11H20ClN5O3. The number of hydrogen-bond donors (Lipinski definition) is 2. The van der Waals surface area contributed by atoms with Gasteiger partial charge in [-0.2, -0.15) is 5.10 Å². The summed E-state index contributed by atoms with van der Waals surface area (Å²) in [6.45, 7) is 4.68. The molecule has 2 N–H and O–H groups in total. The molecule has 1 rings (SSSR count). The molecule has 0 fully saturated rings. The first-order chi connectivity index (χ1) is 9.13. The average molecular weight is 306 g/mol. The monoisotopic (exact) mass is 305 g/mol. The van der Waals surface area contributed by atoms with Crippen LogP contribution in [-0.2, 0) is 11.3 Å². The van der Waals surface area contributed by atoms with Crippen LogP contribution in [-0.4, -0.2) is 40.2 Å². The zero-order valence-electron chi connectivity index (χ0n) is 11.4. The van der Waals surface area contributed by atoms with Crippen molar-refractivity contribution in [3.8, 4) is 0 Å². The van der Waals surface area contributed by atoms with Gasteiger partial charge in [0.25, 0.3) is 0 Å². The second kappa shape index (κ2) is 10.2. The molecule has 0 saturated heterocycles. The maximum absolute atomic E-state index is 11.5. The van der Waals surface area contributed by atoms with Gasteiger partial charge in [0, 0.05) is 26.1 Å². The van der Waals surface area contributed by atoms with Crippen LogP contribution >= 0.6 is 12.4 Å². The third-order valence-electron chi connectivity index (χ3n) is 2.45. The first kappa shape index (κ1) is 18.3. The van der Waals surface area contributed by atoms with Gasteiger partial charge in [-0.15, -0.1) is 12.4 Å². The summed E-state index contributed by atoms with van der Waals surface area (Å²) in [5, 5.41) is 20.2. The van der Waals surface area contributed by atoms with Crippen molar-refractivity contribution >= 4 is 24.0 Å². The van der Waals surface area contributed by atoms with E-state index < -0.39 is 4.92 Å². The second-order valence-electron chi connectivity index (χ2n) is 4.07. The molecule has 0 aliphatic rings. The molecule has 0 bridgehead atoms. The number of nitro groups is 1. The van der Waals surface area contributed by atoms with Gasteiger partial charge in [-0.1, -0.05) is 6.92 Å². The molecule has 9 heteroatoms. The number of nitrogens with zero attached hydrogens (tertiary/aromatic N) is 3. The predicted octanol–water partition coefficient (Wildman–Crippen LogP) is 0.719. The topological polar surface area (TPSA) is 102 Å². The Kier molecular flexibility index (Phi) is 9.31. The van der Waals surface area contributed by atoms with Crippen LogP contribution in [0.15, 0.2) is 12.4 Å². The lowest BCUT2D eigenvalue weighted by atomic mass is 10.4. The van der Waals surface area contributed by atoms with E-state index in [4.69, 9.17) is 0 Å². The fourth-order valence-electron chi connectivity index (χ4n) is 1.47. The summed E-state index contributed by atoms with van der Waals surface area (Å²) >= 11 is 0. The minimum atomic E-state index is -0.511. The smallest absolute Gasteiger partial charge is 0.306 e. The lowest BCUT2D eigenvalue weighted by molar-refractivity contribution is -0.385. The highest BCUT2D eigenvalue weighted by molar-refractivity contribution is 5.85. The third-order valence-corrected chi connectivity index (χ3v) is 2.45. The van der Waals surface area contributed by atoms with Crippen molar-refractivity contribution in [3.05, 3.63) is 22.5 Å². The number of amides is 1. The van der Waals surface area contributed by atoms with Crippen LogP contribution in [0.2, 0.25) is 0 Å². The molecule has 0 unspecified atom stereocenters. The summed E-state index contributed by atoms with van der Waals surface area (Å²) in [5.41, 5.74) is -0.0656. The van der Waals surface area contributed by atoms with Crippen molar-refractivity contribution in [2.45, 2.75) is 26.3 Å². The summed E-state index contributed by atoms with van der Waals surface area (Å²) in [4.78, 5) is 21.4. The van der Waals surface area contributed by atoms with E-state index in [-0.39, 0.29) is 30.4 Å². The van der Waals surface area contributed by atoms with Gasteiger partial charge < -0.3 is 10.6 Å². The van der Waals surface area contributed by atoms with Crippen LogP contribution in [0.5, 0.6) is 0 Å². The summed E-state index contributed by atoms with van der Waals surface area (Å²) in [7, 11) is 0. The van der Waals surface area contributed by atoms with Crippen LogP contribution in [0.4, 0.5) is 5.69 Å². The maximum Gasteiger partial charge on any atom is 0.306 e. The van der Waals surface area contributed by atoms with Gasteiger partial charge in [0.05, 0.1) is 4.92 Å². The minimum absolute atomic E-state index is 0. The van der Waals surface area contributed by atoms with E-state index in [1.165, 1.54) is 17.1 Å². The Morgan fingerprint density at radius 1 is 1.45 bits per heavy atom. The fourth-order valence-corrected chi connectivity index (χ4v) is 1.47. The van der Waals surface area contributed by atoms with Crippen LogP contribution in [0.3, 0.4) is 0 Å². The van der Waals surface area contributed by atoms with Crippen molar-refractivity contribution in [2.24, 2.45) is 0 Å². The first-order valence-electron chi connectivity index (χ1n) is 6.27. The molecule has 0 aromatic carbocycles. The largest absolute Gasteiger partial charge is 0.355 e. The Bertz CT molecular complexity index is 424. The van der Waals surface area contributed by atoms with Gasteiger partial charge in [0.2, 0.25) is 5.91 Å². The Labute approximate surface area is 123 Å². The molecule has 0 radical (unpaired) electrons. The normalized spacial score (nSPS) is 9.85. The average Bonchev–Trinajstić information content (AvgIpc) is 2.85. The molecule has 1 aromatic heterocycles. The highest BCUT2D eigenvalue weighted by Gasteiger charge is 2.09. The lowest BCUT2D eigenvalue weighted by Crippen LogP contribution is -2.32. The molecule has 0 atom stereocenters. The number of carbonyl (C=O) groups excluding carboxylic acids is 1. The van der Waals surface area contributed by atoms with E-state index >= 15 is 0 Å². The van der Waals surface area contributed by atoms with E-state index in [2.05, 4.69) is 22.7 Å². The van der Waals surface area contributed by atoms with Crippen LogP contribution in [0.1, 0.15) is 19.8 Å².